The Hall–Kier alpha value is -0.600. The molecule has 1 atom stereocenters. The van der Waals surface area contributed by atoms with Crippen LogP contribution in [0.1, 0.15) is 32.3 Å². The molecule has 0 spiro atoms. The number of rotatable bonds is 2. The monoisotopic (exact) mass is 229 g/mol. The fraction of sp³-hybridized carbons (Fsp3) is 0.500. The Balaban J connectivity index is 3.18. The molecule has 2 N–H and O–H groups in total. The van der Waals surface area contributed by atoms with Gasteiger partial charge in [-0.15, -0.1) is 0 Å². The molecular formula is C12H17ClFN. The van der Waals surface area contributed by atoms with Gasteiger partial charge in [-0.05, 0) is 35.7 Å². The lowest BCUT2D eigenvalue weighted by Gasteiger charge is -2.30. The van der Waals surface area contributed by atoms with Gasteiger partial charge in [-0.25, -0.2) is 4.39 Å². The molecule has 0 radical (unpaired) electrons. The van der Waals surface area contributed by atoms with Gasteiger partial charge in [0.05, 0.1) is 0 Å². The molecule has 1 aromatic carbocycles. The Labute approximate surface area is 95.4 Å². The van der Waals surface area contributed by atoms with Crippen LogP contribution in [0.15, 0.2) is 18.2 Å². The van der Waals surface area contributed by atoms with E-state index in [1.807, 2.05) is 0 Å². The second-order valence-corrected chi connectivity index (χ2v) is 5.23. The van der Waals surface area contributed by atoms with E-state index in [9.17, 15) is 4.39 Å². The van der Waals surface area contributed by atoms with Crippen molar-refractivity contribution in [3.8, 4) is 0 Å². The summed E-state index contributed by atoms with van der Waals surface area (Å²) < 4.78 is 13.1. The summed E-state index contributed by atoms with van der Waals surface area (Å²) >= 11 is 6.05. The lowest BCUT2D eigenvalue weighted by atomic mass is 9.76. The highest BCUT2D eigenvalue weighted by molar-refractivity contribution is 6.31. The lowest BCUT2D eigenvalue weighted by Crippen LogP contribution is -2.26. The lowest BCUT2D eigenvalue weighted by molar-refractivity contribution is 0.325. The number of hydrogen-bond donors (Lipinski definition) is 1. The van der Waals surface area contributed by atoms with Crippen LogP contribution in [0.2, 0.25) is 5.02 Å². The first-order valence-corrected chi connectivity index (χ1v) is 5.39. The van der Waals surface area contributed by atoms with E-state index in [1.165, 1.54) is 12.1 Å². The summed E-state index contributed by atoms with van der Waals surface area (Å²) in [6.07, 6.45) is 0. The molecule has 0 aliphatic rings. The second kappa shape index (κ2) is 4.50. The van der Waals surface area contributed by atoms with E-state index >= 15 is 0 Å². The zero-order chi connectivity index (χ0) is 11.6. The van der Waals surface area contributed by atoms with Crippen molar-refractivity contribution in [2.24, 2.45) is 11.1 Å². The van der Waals surface area contributed by atoms with Gasteiger partial charge < -0.3 is 5.73 Å². The summed E-state index contributed by atoms with van der Waals surface area (Å²) in [7, 11) is 0. The standard InChI is InChI=1S/C12H17ClFN/c1-12(2,3)10(7-15)9-6-8(14)4-5-11(9)13/h4-6,10H,7,15H2,1-3H3. The zero-order valence-electron chi connectivity index (χ0n) is 9.35. The van der Waals surface area contributed by atoms with Gasteiger partial charge in [0.15, 0.2) is 0 Å². The number of halogens is 2. The average molecular weight is 230 g/mol. The average Bonchev–Trinajstić information content (AvgIpc) is 2.10. The maximum atomic E-state index is 13.1. The van der Waals surface area contributed by atoms with Crippen molar-refractivity contribution in [1.82, 2.24) is 0 Å². The van der Waals surface area contributed by atoms with Gasteiger partial charge in [0, 0.05) is 10.9 Å². The predicted molar refractivity (Wildman–Crippen MR) is 62.7 cm³/mol. The number of nitrogens with two attached hydrogens (primary N) is 1. The summed E-state index contributed by atoms with van der Waals surface area (Å²) in [5.74, 6) is -0.196. The minimum atomic E-state index is -0.267. The fourth-order valence-corrected chi connectivity index (χ4v) is 1.98. The first kappa shape index (κ1) is 12.5. The van der Waals surface area contributed by atoms with E-state index in [0.29, 0.717) is 11.6 Å². The Bertz CT molecular complexity index is 344. The van der Waals surface area contributed by atoms with Gasteiger partial charge in [0.1, 0.15) is 5.82 Å². The minimum Gasteiger partial charge on any atom is -0.330 e. The maximum Gasteiger partial charge on any atom is 0.123 e. The maximum absolute atomic E-state index is 13.1. The Morgan fingerprint density at radius 3 is 2.47 bits per heavy atom. The molecule has 15 heavy (non-hydrogen) atoms. The Morgan fingerprint density at radius 2 is 2.00 bits per heavy atom. The third kappa shape index (κ3) is 2.93. The fourth-order valence-electron chi connectivity index (χ4n) is 1.73. The van der Waals surface area contributed by atoms with Crippen molar-refractivity contribution < 1.29 is 4.39 Å². The molecule has 1 rings (SSSR count). The summed E-state index contributed by atoms with van der Waals surface area (Å²) in [6, 6.07) is 4.42. The zero-order valence-corrected chi connectivity index (χ0v) is 10.1. The van der Waals surface area contributed by atoms with Crippen molar-refractivity contribution in [2.75, 3.05) is 6.54 Å². The molecule has 84 valence electrons. The first-order valence-electron chi connectivity index (χ1n) is 5.01. The molecule has 1 unspecified atom stereocenters. The van der Waals surface area contributed by atoms with Gasteiger partial charge in [-0.1, -0.05) is 32.4 Å². The number of hydrogen-bond acceptors (Lipinski definition) is 1. The minimum absolute atomic E-state index is 0.0216. The van der Waals surface area contributed by atoms with Crippen LogP contribution in [0.5, 0.6) is 0 Å². The van der Waals surface area contributed by atoms with E-state index in [1.54, 1.807) is 6.07 Å². The summed E-state index contributed by atoms with van der Waals surface area (Å²) in [4.78, 5) is 0. The van der Waals surface area contributed by atoms with E-state index in [4.69, 9.17) is 17.3 Å². The molecule has 0 bridgehead atoms. The first-order chi connectivity index (χ1) is 6.86. The molecule has 3 heteroatoms. The van der Waals surface area contributed by atoms with Gasteiger partial charge in [-0.3, -0.25) is 0 Å². The van der Waals surface area contributed by atoms with Crippen molar-refractivity contribution >= 4 is 11.6 Å². The highest BCUT2D eigenvalue weighted by atomic mass is 35.5. The molecule has 0 amide bonds. The molecule has 0 heterocycles. The Kier molecular flexibility index (Phi) is 3.74. The van der Waals surface area contributed by atoms with Crippen LogP contribution in [-0.4, -0.2) is 6.54 Å². The third-order valence-corrected chi connectivity index (χ3v) is 2.96. The van der Waals surface area contributed by atoms with Gasteiger partial charge in [0.2, 0.25) is 0 Å². The van der Waals surface area contributed by atoms with Gasteiger partial charge in [-0.2, -0.15) is 0 Å². The van der Waals surface area contributed by atoms with Crippen LogP contribution in [-0.2, 0) is 0 Å². The molecule has 1 aromatic rings. The Morgan fingerprint density at radius 1 is 1.40 bits per heavy atom. The molecule has 0 aliphatic carbocycles. The van der Waals surface area contributed by atoms with Crippen LogP contribution in [0.4, 0.5) is 4.39 Å². The second-order valence-electron chi connectivity index (χ2n) is 4.82. The normalized spacial score (nSPS) is 14.0. The van der Waals surface area contributed by atoms with E-state index in [2.05, 4.69) is 20.8 Å². The largest absolute Gasteiger partial charge is 0.330 e. The third-order valence-electron chi connectivity index (χ3n) is 2.61. The highest BCUT2D eigenvalue weighted by Crippen LogP contribution is 2.37. The highest BCUT2D eigenvalue weighted by Gasteiger charge is 2.26. The molecule has 0 aromatic heterocycles. The van der Waals surface area contributed by atoms with Gasteiger partial charge in [0.25, 0.3) is 0 Å². The predicted octanol–water partition coefficient (Wildman–Crippen LogP) is 3.57. The van der Waals surface area contributed by atoms with E-state index < -0.39 is 0 Å². The van der Waals surface area contributed by atoms with Crippen LogP contribution < -0.4 is 5.73 Å². The van der Waals surface area contributed by atoms with Gasteiger partial charge >= 0.3 is 0 Å². The smallest absolute Gasteiger partial charge is 0.123 e. The quantitative estimate of drug-likeness (QED) is 0.825. The number of benzene rings is 1. The summed E-state index contributed by atoms with van der Waals surface area (Å²) in [5.41, 5.74) is 6.51. The molecule has 0 fully saturated rings. The van der Waals surface area contributed by atoms with Crippen LogP contribution in [0, 0.1) is 11.2 Å². The van der Waals surface area contributed by atoms with Crippen LogP contribution >= 0.6 is 11.6 Å². The summed E-state index contributed by atoms with van der Waals surface area (Å²) in [6.45, 7) is 6.69. The SMILES string of the molecule is CC(C)(C)C(CN)c1cc(F)ccc1Cl. The molecule has 0 saturated carbocycles. The van der Waals surface area contributed by atoms with Crippen molar-refractivity contribution in [3.05, 3.63) is 34.6 Å². The van der Waals surface area contributed by atoms with E-state index in [-0.39, 0.29) is 17.2 Å². The van der Waals surface area contributed by atoms with Crippen LogP contribution in [0.25, 0.3) is 0 Å². The van der Waals surface area contributed by atoms with Crippen molar-refractivity contribution in [1.29, 1.82) is 0 Å². The molecular weight excluding hydrogens is 213 g/mol. The van der Waals surface area contributed by atoms with E-state index in [0.717, 1.165) is 5.56 Å². The van der Waals surface area contributed by atoms with Crippen molar-refractivity contribution in [3.63, 3.8) is 0 Å². The topological polar surface area (TPSA) is 26.0 Å². The molecule has 0 aliphatic heterocycles. The molecule has 1 nitrogen and oxygen atoms in total. The van der Waals surface area contributed by atoms with Crippen LogP contribution in [0.3, 0.4) is 0 Å². The molecule has 0 saturated heterocycles. The summed E-state index contributed by atoms with van der Waals surface area (Å²) in [5, 5.41) is 0.585. The van der Waals surface area contributed by atoms with Crippen molar-refractivity contribution in [2.45, 2.75) is 26.7 Å².